The van der Waals surface area contributed by atoms with Crippen LogP contribution in [0.5, 0.6) is 0 Å². The van der Waals surface area contributed by atoms with Crippen LogP contribution in [0.3, 0.4) is 0 Å². The molecule has 0 spiro atoms. The molecule has 1 amide bonds. The molecule has 1 aliphatic rings. The van der Waals surface area contributed by atoms with Crippen molar-refractivity contribution < 1.29 is 9.53 Å². The number of aromatic nitrogens is 1. The molecule has 0 radical (unpaired) electrons. The van der Waals surface area contributed by atoms with E-state index in [1.54, 1.807) is 7.11 Å². The number of pyridine rings is 1. The highest BCUT2D eigenvalue weighted by Crippen LogP contribution is 2.25. The number of aryl methyl sites for hydroxylation is 1. The maximum absolute atomic E-state index is 11.8. The molecule has 2 heterocycles. The van der Waals surface area contributed by atoms with Gasteiger partial charge in [0, 0.05) is 38.0 Å². The minimum atomic E-state index is 0.0781. The number of amides is 1. The van der Waals surface area contributed by atoms with Gasteiger partial charge < -0.3 is 9.64 Å². The smallest absolute Gasteiger partial charge is 0.248 e. The summed E-state index contributed by atoms with van der Waals surface area (Å²) in [6.07, 6.45) is 4.04. The van der Waals surface area contributed by atoms with E-state index in [9.17, 15) is 4.79 Å². The first-order valence-electron chi connectivity index (χ1n) is 6.40. The van der Waals surface area contributed by atoms with Crippen LogP contribution in [0.2, 0.25) is 0 Å². The summed E-state index contributed by atoms with van der Waals surface area (Å²) in [4.78, 5) is 18.2. The number of ether oxygens (including phenoxy) is 1. The first-order valence-corrected chi connectivity index (χ1v) is 6.40. The quantitative estimate of drug-likeness (QED) is 0.818. The Morgan fingerprint density at radius 3 is 3.06 bits per heavy atom. The average Bonchev–Trinajstić information content (AvgIpc) is 2.40. The van der Waals surface area contributed by atoms with Crippen LogP contribution in [0.25, 0.3) is 0 Å². The molecule has 1 saturated heterocycles. The lowest BCUT2D eigenvalue weighted by atomic mass is 9.94. The van der Waals surface area contributed by atoms with Gasteiger partial charge in [0.2, 0.25) is 5.91 Å². The van der Waals surface area contributed by atoms with Crippen LogP contribution in [-0.2, 0) is 9.53 Å². The van der Waals surface area contributed by atoms with Crippen molar-refractivity contribution in [1.82, 2.24) is 9.88 Å². The van der Waals surface area contributed by atoms with Crippen molar-refractivity contribution in [2.45, 2.75) is 25.7 Å². The zero-order valence-electron chi connectivity index (χ0n) is 11.1. The molecule has 98 valence electrons. The summed E-state index contributed by atoms with van der Waals surface area (Å²) in [5, 5.41) is 0. The summed E-state index contributed by atoms with van der Waals surface area (Å²) in [6.45, 7) is 3.81. The number of carbonyl (C=O) groups is 1. The zero-order valence-corrected chi connectivity index (χ0v) is 11.1. The standard InChI is InChI=1S/C14H20N2O2/c1-11-5-6-13(15-8-11)12-4-3-7-16(9-12)14(17)10-18-2/h5-6,8,12H,3-4,7,9-10H2,1-2H3. The first kappa shape index (κ1) is 13.0. The highest BCUT2D eigenvalue weighted by Gasteiger charge is 2.25. The first-order chi connectivity index (χ1) is 8.70. The van der Waals surface area contributed by atoms with Gasteiger partial charge in [-0.1, -0.05) is 6.07 Å². The number of hydrogen-bond acceptors (Lipinski definition) is 3. The van der Waals surface area contributed by atoms with Crippen LogP contribution in [0.1, 0.15) is 30.0 Å². The minimum absolute atomic E-state index is 0.0781. The van der Waals surface area contributed by atoms with Crippen molar-refractivity contribution >= 4 is 5.91 Å². The molecule has 2 rings (SSSR count). The molecule has 1 aromatic rings. The molecule has 0 saturated carbocycles. The lowest BCUT2D eigenvalue weighted by Crippen LogP contribution is -2.41. The monoisotopic (exact) mass is 248 g/mol. The van der Waals surface area contributed by atoms with Crippen molar-refractivity contribution in [2.24, 2.45) is 0 Å². The number of carbonyl (C=O) groups excluding carboxylic acids is 1. The zero-order chi connectivity index (χ0) is 13.0. The van der Waals surface area contributed by atoms with Crippen molar-refractivity contribution in [3.63, 3.8) is 0 Å². The summed E-state index contributed by atoms with van der Waals surface area (Å²) >= 11 is 0. The van der Waals surface area contributed by atoms with E-state index >= 15 is 0 Å². The molecule has 0 aromatic carbocycles. The van der Waals surface area contributed by atoms with Crippen LogP contribution in [0, 0.1) is 6.92 Å². The summed E-state index contributed by atoms with van der Waals surface area (Å²) in [6, 6.07) is 4.16. The summed E-state index contributed by atoms with van der Waals surface area (Å²) in [7, 11) is 1.56. The molecule has 0 N–H and O–H groups in total. The van der Waals surface area contributed by atoms with E-state index in [4.69, 9.17) is 4.74 Å². The van der Waals surface area contributed by atoms with Crippen molar-refractivity contribution in [2.75, 3.05) is 26.8 Å². The van der Waals surface area contributed by atoms with Crippen molar-refractivity contribution in [3.8, 4) is 0 Å². The predicted molar refractivity (Wildman–Crippen MR) is 69.4 cm³/mol. The van der Waals surface area contributed by atoms with E-state index in [-0.39, 0.29) is 12.5 Å². The Hall–Kier alpha value is -1.42. The minimum Gasteiger partial charge on any atom is -0.375 e. The van der Waals surface area contributed by atoms with Gasteiger partial charge in [0.15, 0.2) is 0 Å². The third-order valence-corrected chi connectivity index (χ3v) is 3.39. The predicted octanol–water partition coefficient (Wildman–Crippen LogP) is 1.74. The Balaban J connectivity index is 2.02. The third kappa shape index (κ3) is 3.07. The van der Waals surface area contributed by atoms with Crippen LogP contribution in [0.4, 0.5) is 0 Å². The van der Waals surface area contributed by atoms with E-state index in [2.05, 4.69) is 17.1 Å². The van der Waals surface area contributed by atoms with Gasteiger partial charge in [0.1, 0.15) is 6.61 Å². The molecular formula is C14H20N2O2. The van der Waals surface area contributed by atoms with Crippen molar-refractivity contribution in [3.05, 3.63) is 29.6 Å². The summed E-state index contributed by atoms with van der Waals surface area (Å²) in [5.41, 5.74) is 2.26. The van der Waals surface area contributed by atoms with E-state index < -0.39 is 0 Å². The fourth-order valence-electron chi connectivity index (χ4n) is 2.38. The van der Waals surface area contributed by atoms with Gasteiger partial charge in [-0.05, 0) is 31.4 Å². The summed E-state index contributed by atoms with van der Waals surface area (Å²) < 4.78 is 4.91. The Bertz CT molecular complexity index is 403. The summed E-state index contributed by atoms with van der Waals surface area (Å²) in [5.74, 6) is 0.439. The Labute approximate surface area is 108 Å². The molecule has 1 unspecified atom stereocenters. The fourth-order valence-corrected chi connectivity index (χ4v) is 2.38. The SMILES string of the molecule is COCC(=O)N1CCCC(c2ccc(C)cn2)C1. The van der Waals surface area contributed by atoms with Crippen LogP contribution >= 0.6 is 0 Å². The van der Waals surface area contributed by atoms with Gasteiger partial charge in [-0.15, -0.1) is 0 Å². The number of piperidine rings is 1. The highest BCUT2D eigenvalue weighted by atomic mass is 16.5. The lowest BCUT2D eigenvalue weighted by Gasteiger charge is -2.32. The average molecular weight is 248 g/mol. The normalized spacial score (nSPS) is 19.9. The molecule has 1 atom stereocenters. The molecule has 0 aliphatic carbocycles. The van der Waals surface area contributed by atoms with E-state index in [1.165, 1.54) is 5.56 Å². The second kappa shape index (κ2) is 5.96. The molecule has 18 heavy (non-hydrogen) atoms. The fraction of sp³-hybridized carbons (Fsp3) is 0.571. The second-order valence-electron chi connectivity index (χ2n) is 4.87. The van der Waals surface area contributed by atoms with E-state index in [1.807, 2.05) is 18.0 Å². The molecule has 4 heteroatoms. The number of rotatable bonds is 3. The second-order valence-corrected chi connectivity index (χ2v) is 4.87. The Kier molecular flexibility index (Phi) is 4.31. The molecule has 4 nitrogen and oxygen atoms in total. The van der Waals surface area contributed by atoms with E-state index in [0.717, 1.165) is 31.6 Å². The number of likely N-dealkylation sites (tertiary alicyclic amines) is 1. The maximum atomic E-state index is 11.8. The highest BCUT2D eigenvalue weighted by molar-refractivity contribution is 5.77. The maximum Gasteiger partial charge on any atom is 0.248 e. The number of hydrogen-bond donors (Lipinski definition) is 0. The number of methoxy groups -OCH3 is 1. The van der Waals surface area contributed by atoms with Gasteiger partial charge in [0.25, 0.3) is 0 Å². The van der Waals surface area contributed by atoms with Gasteiger partial charge in [-0.25, -0.2) is 0 Å². The van der Waals surface area contributed by atoms with Crippen LogP contribution in [-0.4, -0.2) is 42.6 Å². The van der Waals surface area contributed by atoms with Crippen LogP contribution in [0.15, 0.2) is 18.3 Å². The largest absolute Gasteiger partial charge is 0.375 e. The van der Waals surface area contributed by atoms with Crippen LogP contribution < -0.4 is 0 Å². The van der Waals surface area contributed by atoms with E-state index in [0.29, 0.717) is 5.92 Å². The Morgan fingerprint density at radius 1 is 1.56 bits per heavy atom. The molecule has 1 aliphatic heterocycles. The van der Waals surface area contributed by atoms with Gasteiger partial charge in [-0.3, -0.25) is 9.78 Å². The van der Waals surface area contributed by atoms with Gasteiger partial charge >= 0.3 is 0 Å². The van der Waals surface area contributed by atoms with Gasteiger partial charge in [-0.2, -0.15) is 0 Å². The lowest BCUT2D eigenvalue weighted by molar-refractivity contribution is -0.136. The molecule has 1 fully saturated rings. The van der Waals surface area contributed by atoms with Gasteiger partial charge in [0.05, 0.1) is 0 Å². The molecule has 0 bridgehead atoms. The topological polar surface area (TPSA) is 42.4 Å². The molecule has 1 aromatic heterocycles. The number of nitrogens with zero attached hydrogens (tertiary/aromatic N) is 2. The Morgan fingerprint density at radius 2 is 2.39 bits per heavy atom. The molecular weight excluding hydrogens is 228 g/mol. The third-order valence-electron chi connectivity index (χ3n) is 3.39. The van der Waals surface area contributed by atoms with Crippen molar-refractivity contribution in [1.29, 1.82) is 0 Å².